The molecular weight excluding hydrogens is 298 g/mol. The average Bonchev–Trinajstić information content (AvgIpc) is 2.39. The van der Waals surface area contributed by atoms with E-state index in [1.165, 1.54) is 6.07 Å². The van der Waals surface area contributed by atoms with Gasteiger partial charge >= 0.3 is 0 Å². The average molecular weight is 314 g/mol. The first-order valence-corrected chi connectivity index (χ1v) is 8.02. The maximum atomic E-state index is 12.3. The van der Waals surface area contributed by atoms with Gasteiger partial charge in [-0.05, 0) is 31.7 Å². The van der Waals surface area contributed by atoms with Crippen molar-refractivity contribution in [2.24, 2.45) is 0 Å². The third kappa shape index (κ3) is 3.09. The Hall–Kier alpha value is -1.21. The molecule has 0 amide bonds. The number of nitrogens with zero attached hydrogens (tertiary/aromatic N) is 1. The van der Waals surface area contributed by atoms with Gasteiger partial charge in [0, 0.05) is 18.5 Å². The van der Waals surface area contributed by atoms with Gasteiger partial charge in [0.1, 0.15) is 10.0 Å². The molecule has 0 saturated heterocycles. The molecule has 108 valence electrons. The van der Waals surface area contributed by atoms with Crippen molar-refractivity contribution in [2.75, 3.05) is 20.1 Å². The molecule has 7 heteroatoms. The highest BCUT2D eigenvalue weighted by atomic mass is 35.5. The minimum absolute atomic E-state index is 0.146. The second-order valence-corrected chi connectivity index (χ2v) is 6.52. The number of likely N-dealkylation sites (N-methyl/N-ethyl adjacent to an activating group) is 1. The molecule has 0 aliphatic carbocycles. The number of fused-ring (bicyclic) bond motifs is 1. The van der Waals surface area contributed by atoms with Crippen molar-refractivity contribution in [1.82, 2.24) is 15.0 Å². The van der Waals surface area contributed by atoms with Gasteiger partial charge in [-0.15, -0.1) is 0 Å². The first-order valence-electron chi connectivity index (χ1n) is 6.16. The molecule has 5 nitrogen and oxygen atoms in total. The van der Waals surface area contributed by atoms with E-state index in [1.807, 2.05) is 19.1 Å². The van der Waals surface area contributed by atoms with Crippen molar-refractivity contribution in [1.29, 1.82) is 0 Å². The molecule has 2 N–H and O–H groups in total. The van der Waals surface area contributed by atoms with Gasteiger partial charge < -0.3 is 5.32 Å². The predicted octanol–water partition coefficient (Wildman–Crippen LogP) is 1.69. The maximum Gasteiger partial charge on any atom is 0.242 e. The van der Waals surface area contributed by atoms with Crippen LogP contribution in [0.5, 0.6) is 0 Å². The summed E-state index contributed by atoms with van der Waals surface area (Å²) in [4.78, 5) is 4.35. The summed E-state index contributed by atoms with van der Waals surface area (Å²) in [6, 6.07) is 6.88. The lowest BCUT2D eigenvalue weighted by molar-refractivity contribution is 0.580. The summed E-state index contributed by atoms with van der Waals surface area (Å²) in [5.41, 5.74) is 1.21. The fourth-order valence-corrected chi connectivity index (χ4v) is 3.20. The molecule has 0 aliphatic heterocycles. The van der Waals surface area contributed by atoms with Crippen molar-refractivity contribution in [3.05, 3.63) is 35.0 Å². The highest BCUT2D eigenvalue weighted by Gasteiger charge is 2.18. The van der Waals surface area contributed by atoms with E-state index >= 15 is 0 Å². The number of aryl methyl sites for hydroxylation is 1. The van der Waals surface area contributed by atoms with E-state index < -0.39 is 10.0 Å². The first kappa shape index (κ1) is 15.2. The first-order chi connectivity index (χ1) is 9.45. The van der Waals surface area contributed by atoms with E-state index in [1.54, 1.807) is 13.1 Å². The van der Waals surface area contributed by atoms with Crippen LogP contribution >= 0.6 is 11.6 Å². The number of sulfonamides is 1. The summed E-state index contributed by atoms with van der Waals surface area (Å²) in [6.07, 6.45) is 0. The smallest absolute Gasteiger partial charge is 0.242 e. The summed E-state index contributed by atoms with van der Waals surface area (Å²) >= 11 is 6.00. The van der Waals surface area contributed by atoms with Crippen molar-refractivity contribution in [3.63, 3.8) is 0 Å². The third-order valence-corrected chi connectivity index (χ3v) is 4.77. The molecular formula is C13H16ClN3O2S. The number of pyridine rings is 1. The Balaban J connectivity index is 2.51. The number of nitrogens with one attached hydrogen (secondary N) is 2. The second-order valence-electron chi connectivity index (χ2n) is 4.43. The van der Waals surface area contributed by atoms with E-state index in [9.17, 15) is 8.42 Å². The predicted molar refractivity (Wildman–Crippen MR) is 80.6 cm³/mol. The van der Waals surface area contributed by atoms with Crippen LogP contribution in [0, 0.1) is 6.92 Å². The van der Waals surface area contributed by atoms with Crippen LogP contribution < -0.4 is 10.0 Å². The van der Waals surface area contributed by atoms with Crippen molar-refractivity contribution >= 4 is 32.5 Å². The number of para-hydroxylation sites is 1. The number of rotatable bonds is 5. The summed E-state index contributed by atoms with van der Waals surface area (Å²) in [5.74, 6) is 0. The molecule has 2 rings (SSSR count). The van der Waals surface area contributed by atoms with Crippen LogP contribution in [0.2, 0.25) is 5.15 Å². The van der Waals surface area contributed by atoms with Gasteiger partial charge in [0.15, 0.2) is 0 Å². The molecule has 2 aromatic rings. The largest absolute Gasteiger partial charge is 0.318 e. The van der Waals surface area contributed by atoms with Gasteiger partial charge in [0.25, 0.3) is 0 Å². The standard InChI is InChI=1S/C13H16ClN3O2S/c1-9-8-10-4-3-5-11(12(10)17-13(9)14)20(18,19)16-7-6-15-2/h3-5,8,15-16H,6-7H2,1-2H3. The molecule has 0 unspecified atom stereocenters. The van der Waals surface area contributed by atoms with Gasteiger partial charge in [0.05, 0.1) is 5.52 Å². The zero-order chi connectivity index (χ0) is 14.8. The highest BCUT2D eigenvalue weighted by molar-refractivity contribution is 7.89. The fourth-order valence-electron chi connectivity index (χ4n) is 1.86. The Bertz CT molecular complexity index is 732. The molecule has 0 aliphatic rings. The van der Waals surface area contributed by atoms with E-state index in [0.717, 1.165) is 10.9 Å². The normalized spacial score (nSPS) is 11.9. The van der Waals surface area contributed by atoms with Gasteiger partial charge in [-0.2, -0.15) is 0 Å². The van der Waals surface area contributed by atoms with Gasteiger partial charge in [-0.3, -0.25) is 0 Å². The zero-order valence-corrected chi connectivity index (χ0v) is 12.8. The van der Waals surface area contributed by atoms with Crippen LogP contribution in [0.25, 0.3) is 10.9 Å². The number of benzene rings is 1. The van der Waals surface area contributed by atoms with Crippen molar-refractivity contribution in [3.8, 4) is 0 Å². The van der Waals surface area contributed by atoms with Gasteiger partial charge in [-0.25, -0.2) is 18.1 Å². The molecule has 0 radical (unpaired) electrons. The van der Waals surface area contributed by atoms with Crippen LogP contribution in [0.15, 0.2) is 29.2 Å². The Morgan fingerprint density at radius 2 is 2.05 bits per heavy atom. The summed E-state index contributed by atoms with van der Waals surface area (Å²) in [5, 5.41) is 3.95. The molecule has 0 saturated carbocycles. The Kier molecular flexibility index (Phi) is 4.59. The Labute approximate surface area is 123 Å². The second kappa shape index (κ2) is 6.05. The number of aromatic nitrogens is 1. The molecule has 1 aromatic heterocycles. The lowest BCUT2D eigenvalue weighted by Crippen LogP contribution is -2.30. The lowest BCUT2D eigenvalue weighted by atomic mass is 10.2. The van der Waals surface area contributed by atoms with E-state index in [4.69, 9.17) is 11.6 Å². The molecule has 0 bridgehead atoms. The quantitative estimate of drug-likeness (QED) is 0.651. The molecule has 0 fully saturated rings. The van der Waals surface area contributed by atoms with E-state index in [-0.39, 0.29) is 4.90 Å². The zero-order valence-electron chi connectivity index (χ0n) is 11.3. The maximum absolute atomic E-state index is 12.3. The highest BCUT2D eigenvalue weighted by Crippen LogP contribution is 2.25. The molecule has 20 heavy (non-hydrogen) atoms. The molecule has 0 spiro atoms. The van der Waals surface area contributed by atoms with E-state index in [0.29, 0.717) is 23.8 Å². The Morgan fingerprint density at radius 1 is 1.30 bits per heavy atom. The van der Waals surface area contributed by atoms with E-state index in [2.05, 4.69) is 15.0 Å². The molecule has 1 heterocycles. The third-order valence-electron chi connectivity index (χ3n) is 2.89. The van der Waals surface area contributed by atoms with Crippen LogP contribution in [-0.4, -0.2) is 33.5 Å². The lowest BCUT2D eigenvalue weighted by Gasteiger charge is -2.10. The minimum Gasteiger partial charge on any atom is -0.318 e. The number of halogens is 1. The summed E-state index contributed by atoms with van der Waals surface area (Å²) in [7, 11) is -1.84. The molecule has 1 aromatic carbocycles. The van der Waals surface area contributed by atoms with Crippen LogP contribution in [0.4, 0.5) is 0 Å². The topological polar surface area (TPSA) is 71.1 Å². The van der Waals surface area contributed by atoms with Crippen LogP contribution in [0.1, 0.15) is 5.56 Å². The van der Waals surface area contributed by atoms with Gasteiger partial charge in [0.2, 0.25) is 10.0 Å². The van der Waals surface area contributed by atoms with Crippen molar-refractivity contribution < 1.29 is 8.42 Å². The van der Waals surface area contributed by atoms with Gasteiger partial charge in [-0.1, -0.05) is 23.7 Å². The SMILES string of the molecule is CNCCNS(=O)(=O)c1cccc2cc(C)c(Cl)nc12. The van der Waals surface area contributed by atoms with Crippen LogP contribution in [-0.2, 0) is 10.0 Å². The van der Waals surface area contributed by atoms with Crippen LogP contribution in [0.3, 0.4) is 0 Å². The number of hydrogen-bond donors (Lipinski definition) is 2. The summed E-state index contributed by atoms with van der Waals surface area (Å²) < 4.78 is 27.1. The monoisotopic (exact) mass is 313 g/mol. The number of hydrogen-bond acceptors (Lipinski definition) is 4. The minimum atomic E-state index is -3.60. The fraction of sp³-hybridized carbons (Fsp3) is 0.308. The Morgan fingerprint density at radius 3 is 2.75 bits per heavy atom. The molecule has 0 atom stereocenters. The summed E-state index contributed by atoms with van der Waals surface area (Å²) in [6.45, 7) is 2.70. The van der Waals surface area contributed by atoms with Crippen molar-refractivity contribution in [2.45, 2.75) is 11.8 Å².